The molecule has 0 aromatic heterocycles. The molecule has 8 nitrogen and oxygen atoms in total. The van der Waals surface area contributed by atoms with Gasteiger partial charge in [0.25, 0.3) is 5.91 Å². The number of ether oxygens (including phenoxy) is 1. The number of nitrogens with one attached hydrogen (secondary N) is 3. The number of carbonyl (C=O) groups is 3. The van der Waals surface area contributed by atoms with Gasteiger partial charge in [-0.25, -0.2) is 9.59 Å². The van der Waals surface area contributed by atoms with E-state index < -0.39 is 30.1 Å². The molecule has 0 spiro atoms. The zero-order valence-electron chi connectivity index (χ0n) is 21.3. The second kappa shape index (κ2) is 11.7. The molecule has 3 rings (SSSR count). The molecule has 2 aliphatic rings. The number of hydrogen-bond donors (Lipinski definition) is 4. The fourth-order valence-electron chi connectivity index (χ4n) is 4.12. The number of methoxy groups -OCH3 is 1. The first-order valence-corrected chi connectivity index (χ1v) is 11.8. The van der Waals surface area contributed by atoms with Gasteiger partial charge in [-0.2, -0.15) is 0 Å². The van der Waals surface area contributed by atoms with E-state index in [2.05, 4.69) is 22.0 Å². The Kier molecular flexibility index (Phi) is 8.66. The monoisotopic (exact) mass is 491 g/mol. The van der Waals surface area contributed by atoms with Crippen molar-refractivity contribution in [1.29, 1.82) is 0 Å². The third-order valence-corrected chi connectivity index (χ3v) is 6.22. The second-order valence-corrected chi connectivity index (χ2v) is 9.01. The summed E-state index contributed by atoms with van der Waals surface area (Å²) in [5.74, 6) is -1.85. The number of urea groups is 1. The fourth-order valence-corrected chi connectivity index (χ4v) is 4.12. The molecule has 2 unspecified atom stereocenters. The van der Waals surface area contributed by atoms with Gasteiger partial charge in [0.1, 0.15) is 0 Å². The van der Waals surface area contributed by atoms with E-state index in [1.54, 1.807) is 19.1 Å². The van der Waals surface area contributed by atoms with E-state index in [9.17, 15) is 19.5 Å². The number of carboxylic acids is 1. The summed E-state index contributed by atoms with van der Waals surface area (Å²) in [5.41, 5.74) is 4.18. The second-order valence-electron chi connectivity index (χ2n) is 9.01. The molecule has 0 aliphatic heterocycles. The van der Waals surface area contributed by atoms with Crippen LogP contribution in [0.3, 0.4) is 0 Å². The van der Waals surface area contributed by atoms with Crippen LogP contribution in [0.25, 0.3) is 12.2 Å². The summed E-state index contributed by atoms with van der Waals surface area (Å²) in [6.07, 6.45) is 12.6. The van der Waals surface area contributed by atoms with Crippen molar-refractivity contribution >= 4 is 35.7 Å². The van der Waals surface area contributed by atoms with Gasteiger partial charge >= 0.3 is 12.0 Å². The Morgan fingerprint density at radius 2 is 1.81 bits per heavy atom. The van der Waals surface area contributed by atoms with Gasteiger partial charge in [-0.1, -0.05) is 42.0 Å². The highest BCUT2D eigenvalue weighted by atomic mass is 16.5. The molecule has 0 saturated carbocycles. The van der Waals surface area contributed by atoms with Gasteiger partial charge in [-0.05, 0) is 74.3 Å². The van der Waals surface area contributed by atoms with Crippen molar-refractivity contribution in [3.05, 3.63) is 74.9 Å². The van der Waals surface area contributed by atoms with Crippen molar-refractivity contribution in [3.63, 3.8) is 0 Å². The Morgan fingerprint density at radius 1 is 1.06 bits per heavy atom. The first kappa shape index (κ1) is 26.7. The standard InChI is InChI=1S/C28H33N3O5/c1-16-11-12-17(2)24(18(3)13-16)31-28(35)29-23-15-21-10-8-6-7-9-20(21)14-22(23)26(32)30-25(27(33)34)19(4)36-5/h6-7,9-10,12-15,19,25H,8,11H2,1-5H3,(H,30,32)(H,33,34)(H2,29,31,35). The lowest BCUT2D eigenvalue weighted by molar-refractivity contribution is -0.142. The lowest BCUT2D eigenvalue weighted by atomic mass is 10.1. The molecule has 190 valence electrons. The number of benzene rings is 1. The molecule has 0 radical (unpaired) electrons. The summed E-state index contributed by atoms with van der Waals surface area (Å²) in [4.78, 5) is 38.1. The topological polar surface area (TPSA) is 117 Å². The molecular weight excluding hydrogens is 458 g/mol. The maximum Gasteiger partial charge on any atom is 0.328 e. The van der Waals surface area contributed by atoms with Crippen LogP contribution in [0.2, 0.25) is 0 Å². The van der Waals surface area contributed by atoms with Crippen LogP contribution in [0.15, 0.2) is 58.9 Å². The van der Waals surface area contributed by atoms with Crippen molar-refractivity contribution in [2.24, 2.45) is 0 Å². The van der Waals surface area contributed by atoms with E-state index in [-0.39, 0.29) is 11.3 Å². The van der Waals surface area contributed by atoms with Crippen LogP contribution in [0.1, 0.15) is 50.9 Å². The molecule has 1 aromatic rings. The van der Waals surface area contributed by atoms with Gasteiger partial charge < -0.3 is 25.8 Å². The van der Waals surface area contributed by atoms with Crippen LogP contribution in [0.5, 0.6) is 0 Å². The Morgan fingerprint density at radius 3 is 2.50 bits per heavy atom. The van der Waals surface area contributed by atoms with Gasteiger partial charge in [-0.3, -0.25) is 4.79 Å². The first-order valence-electron chi connectivity index (χ1n) is 11.8. The van der Waals surface area contributed by atoms with Gasteiger partial charge in [0, 0.05) is 12.8 Å². The van der Waals surface area contributed by atoms with Crippen molar-refractivity contribution in [2.45, 2.75) is 52.7 Å². The first-order chi connectivity index (χ1) is 17.1. The molecule has 0 bridgehead atoms. The van der Waals surface area contributed by atoms with E-state index in [0.717, 1.165) is 28.0 Å². The van der Waals surface area contributed by atoms with Crippen molar-refractivity contribution < 1.29 is 24.2 Å². The van der Waals surface area contributed by atoms with E-state index >= 15 is 0 Å². The summed E-state index contributed by atoms with van der Waals surface area (Å²) in [5, 5.41) is 19.5. The van der Waals surface area contributed by atoms with Gasteiger partial charge in [0.05, 0.1) is 17.4 Å². The molecular formula is C28H33N3O5. The van der Waals surface area contributed by atoms with Crippen LogP contribution in [0, 0.1) is 0 Å². The van der Waals surface area contributed by atoms with E-state index in [1.165, 1.54) is 12.7 Å². The van der Waals surface area contributed by atoms with Crippen LogP contribution in [-0.4, -0.2) is 42.3 Å². The summed E-state index contributed by atoms with van der Waals surface area (Å²) in [6.45, 7) is 7.47. The largest absolute Gasteiger partial charge is 0.480 e. The molecule has 0 fully saturated rings. The molecule has 2 aliphatic carbocycles. The minimum absolute atomic E-state index is 0.146. The lowest BCUT2D eigenvalue weighted by Crippen LogP contribution is -2.48. The maximum atomic E-state index is 13.3. The van der Waals surface area contributed by atoms with Crippen molar-refractivity contribution in [2.75, 3.05) is 12.4 Å². The summed E-state index contributed by atoms with van der Waals surface area (Å²) in [6, 6.07) is 1.61. The summed E-state index contributed by atoms with van der Waals surface area (Å²) >= 11 is 0. The number of aliphatic carboxylic acids is 1. The third kappa shape index (κ3) is 6.40. The third-order valence-electron chi connectivity index (χ3n) is 6.22. The highest BCUT2D eigenvalue weighted by molar-refractivity contribution is 6.05. The number of anilines is 1. The Labute approximate surface area is 210 Å². The van der Waals surface area contributed by atoms with Crippen LogP contribution < -0.4 is 26.4 Å². The highest BCUT2D eigenvalue weighted by Crippen LogP contribution is 2.21. The number of carboxylic acid groups (broad SMARTS) is 1. The normalized spacial score (nSPS) is 16.6. The Hall–Kier alpha value is -3.91. The summed E-state index contributed by atoms with van der Waals surface area (Å²) in [7, 11) is 1.38. The number of fused-ring (bicyclic) bond motifs is 1. The predicted octanol–water partition coefficient (Wildman–Crippen LogP) is 3.12. The van der Waals surface area contributed by atoms with Gasteiger partial charge in [0.15, 0.2) is 6.04 Å². The molecule has 8 heteroatoms. The maximum absolute atomic E-state index is 13.3. The lowest BCUT2D eigenvalue weighted by Gasteiger charge is -2.21. The van der Waals surface area contributed by atoms with Crippen LogP contribution >= 0.6 is 0 Å². The number of amides is 3. The molecule has 4 N–H and O–H groups in total. The van der Waals surface area contributed by atoms with Crippen molar-refractivity contribution in [3.8, 4) is 0 Å². The number of hydrogen-bond acceptors (Lipinski definition) is 4. The number of carbonyl (C=O) groups excluding carboxylic acids is 2. The van der Waals surface area contributed by atoms with E-state index in [4.69, 9.17) is 4.74 Å². The average Bonchev–Trinajstić information content (AvgIpc) is 3.13. The van der Waals surface area contributed by atoms with Gasteiger partial charge in [-0.15, -0.1) is 0 Å². The van der Waals surface area contributed by atoms with Crippen LogP contribution in [0.4, 0.5) is 10.5 Å². The number of allylic oxidation sites excluding steroid dienone is 7. The molecule has 0 heterocycles. The Bertz CT molecular complexity index is 1320. The SMILES string of the molecule is COC(C)C(NC(=O)c1cc2c(cc1NC(=O)NC1=C(C)C=C(C)CC=C1C)=CCC=CC=2)C(=O)O. The predicted molar refractivity (Wildman–Crippen MR) is 141 cm³/mol. The molecule has 0 saturated heterocycles. The molecule has 1 aromatic carbocycles. The number of rotatable bonds is 7. The minimum Gasteiger partial charge on any atom is -0.480 e. The van der Waals surface area contributed by atoms with Crippen molar-refractivity contribution in [1.82, 2.24) is 10.6 Å². The minimum atomic E-state index is -1.26. The molecule has 3 amide bonds. The zero-order chi connectivity index (χ0) is 26.4. The quantitative estimate of drug-likeness (QED) is 0.468. The Balaban J connectivity index is 1.98. The fraction of sp³-hybridized carbons (Fsp3) is 0.321. The highest BCUT2D eigenvalue weighted by Gasteiger charge is 2.28. The van der Waals surface area contributed by atoms with Crippen LogP contribution in [-0.2, 0) is 9.53 Å². The smallest absolute Gasteiger partial charge is 0.328 e. The summed E-state index contributed by atoms with van der Waals surface area (Å²) < 4.78 is 5.12. The molecule has 2 atom stereocenters. The van der Waals surface area contributed by atoms with E-state index in [0.29, 0.717) is 12.1 Å². The van der Waals surface area contributed by atoms with E-state index in [1.807, 2.05) is 51.2 Å². The average molecular weight is 492 g/mol. The van der Waals surface area contributed by atoms with Gasteiger partial charge in [0.2, 0.25) is 0 Å². The molecule has 36 heavy (non-hydrogen) atoms. The zero-order valence-corrected chi connectivity index (χ0v) is 21.3.